The molecule has 1 aliphatic rings. The summed E-state index contributed by atoms with van der Waals surface area (Å²) in [6, 6.07) is 0. The molecule has 0 aromatic heterocycles. The van der Waals surface area contributed by atoms with Crippen LogP contribution in [-0.2, 0) is 4.79 Å². The second-order valence-corrected chi connectivity index (χ2v) is 4.50. The van der Waals surface area contributed by atoms with Crippen LogP contribution in [0.3, 0.4) is 0 Å². The lowest BCUT2D eigenvalue weighted by atomic mass is 9.96. The van der Waals surface area contributed by atoms with Crippen molar-refractivity contribution in [1.82, 2.24) is 10.6 Å². The van der Waals surface area contributed by atoms with Gasteiger partial charge in [0.05, 0.1) is 0 Å². The van der Waals surface area contributed by atoms with Gasteiger partial charge in [-0.1, -0.05) is 11.6 Å². The zero-order valence-electron chi connectivity index (χ0n) is 9.81. The average molecular weight is 210 g/mol. The summed E-state index contributed by atoms with van der Waals surface area (Å²) in [5.41, 5.74) is 1.25. The van der Waals surface area contributed by atoms with E-state index < -0.39 is 0 Å². The van der Waals surface area contributed by atoms with Crippen LogP contribution < -0.4 is 10.6 Å². The van der Waals surface area contributed by atoms with E-state index in [0.717, 1.165) is 13.1 Å². The van der Waals surface area contributed by atoms with Gasteiger partial charge < -0.3 is 10.6 Å². The van der Waals surface area contributed by atoms with Gasteiger partial charge >= 0.3 is 0 Å². The molecule has 1 heterocycles. The molecule has 0 aromatic rings. The Morgan fingerprint density at radius 3 is 2.93 bits per heavy atom. The molecule has 2 N–H and O–H groups in total. The summed E-state index contributed by atoms with van der Waals surface area (Å²) in [7, 11) is 0. The molecule has 0 aliphatic carbocycles. The Bertz CT molecular complexity index is 226. The van der Waals surface area contributed by atoms with Crippen molar-refractivity contribution in [3.8, 4) is 0 Å². The molecule has 0 aromatic carbocycles. The second kappa shape index (κ2) is 6.62. The van der Waals surface area contributed by atoms with E-state index in [1.54, 1.807) is 0 Å². The molecule has 0 spiro atoms. The first-order chi connectivity index (χ1) is 7.18. The predicted octanol–water partition coefficient (Wildman–Crippen LogP) is 1.46. The average Bonchev–Trinajstić information content (AvgIpc) is 2.18. The van der Waals surface area contributed by atoms with E-state index in [0.29, 0.717) is 18.9 Å². The van der Waals surface area contributed by atoms with Crippen LogP contribution >= 0.6 is 0 Å². The summed E-state index contributed by atoms with van der Waals surface area (Å²) in [5.74, 6) is 0.714. The molecule has 1 fully saturated rings. The molecule has 0 radical (unpaired) electrons. The first kappa shape index (κ1) is 12.2. The van der Waals surface area contributed by atoms with Crippen LogP contribution in [0.1, 0.15) is 33.1 Å². The smallest absolute Gasteiger partial charge is 0.220 e. The van der Waals surface area contributed by atoms with E-state index in [9.17, 15) is 4.79 Å². The normalized spacial score (nSPS) is 20.8. The highest BCUT2D eigenvalue weighted by Gasteiger charge is 2.15. The number of rotatable bonds is 4. The minimum atomic E-state index is 0.182. The standard InChI is InChI=1S/C12H22N2O/c1-10(2)5-7-14-12(15)8-11-4-3-6-13-9-11/h5,11,13H,3-4,6-9H2,1-2H3,(H,14,15). The van der Waals surface area contributed by atoms with Crippen molar-refractivity contribution in [2.75, 3.05) is 19.6 Å². The molecule has 15 heavy (non-hydrogen) atoms. The first-order valence-electron chi connectivity index (χ1n) is 5.79. The van der Waals surface area contributed by atoms with E-state index in [1.165, 1.54) is 18.4 Å². The third-order valence-electron chi connectivity index (χ3n) is 2.68. The maximum atomic E-state index is 11.5. The predicted molar refractivity (Wildman–Crippen MR) is 62.7 cm³/mol. The monoisotopic (exact) mass is 210 g/mol. The molecular weight excluding hydrogens is 188 g/mol. The zero-order valence-corrected chi connectivity index (χ0v) is 9.81. The quantitative estimate of drug-likeness (QED) is 0.690. The lowest BCUT2D eigenvalue weighted by Gasteiger charge is -2.21. The van der Waals surface area contributed by atoms with Crippen molar-refractivity contribution >= 4 is 5.91 Å². The summed E-state index contributed by atoms with van der Waals surface area (Å²) < 4.78 is 0. The minimum absolute atomic E-state index is 0.182. The molecule has 86 valence electrons. The van der Waals surface area contributed by atoms with E-state index in [-0.39, 0.29) is 5.91 Å². The Morgan fingerprint density at radius 1 is 1.53 bits per heavy atom. The Balaban J connectivity index is 2.14. The van der Waals surface area contributed by atoms with Crippen LogP contribution in [0.2, 0.25) is 0 Å². The number of carbonyl (C=O) groups excluding carboxylic acids is 1. The van der Waals surface area contributed by atoms with Gasteiger partial charge in [-0.05, 0) is 45.7 Å². The number of amides is 1. The summed E-state index contributed by atoms with van der Waals surface area (Å²) in [5, 5.41) is 6.24. The molecule has 3 nitrogen and oxygen atoms in total. The van der Waals surface area contributed by atoms with Gasteiger partial charge in [0.2, 0.25) is 5.91 Å². The lowest BCUT2D eigenvalue weighted by molar-refractivity contribution is -0.121. The van der Waals surface area contributed by atoms with Gasteiger partial charge in [0.25, 0.3) is 0 Å². The van der Waals surface area contributed by atoms with Gasteiger partial charge in [-0.3, -0.25) is 4.79 Å². The maximum Gasteiger partial charge on any atom is 0.220 e. The molecule has 0 bridgehead atoms. The van der Waals surface area contributed by atoms with Crippen molar-refractivity contribution in [2.45, 2.75) is 33.1 Å². The molecule has 3 heteroatoms. The summed E-state index contributed by atoms with van der Waals surface area (Å²) in [6.07, 6.45) is 5.09. The first-order valence-corrected chi connectivity index (χ1v) is 5.79. The Kier molecular flexibility index (Phi) is 5.40. The Hall–Kier alpha value is -0.830. The van der Waals surface area contributed by atoms with Crippen molar-refractivity contribution in [2.24, 2.45) is 5.92 Å². The highest BCUT2D eigenvalue weighted by Crippen LogP contribution is 2.13. The van der Waals surface area contributed by atoms with Crippen LogP contribution in [-0.4, -0.2) is 25.5 Å². The molecule has 1 rings (SSSR count). The molecule has 1 atom stereocenters. The topological polar surface area (TPSA) is 41.1 Å². The van der Waals surface area contributed by atoms with Crippen LogP contribution in [0, 0.1) is 5.92 Å². The van der Waals surface area contributed by atoms with E-state index in [1.807, 2.05) is 19.9 Å². The highest BCUT2D eigenvalue weighted by molar-refractivity contribution is 5.76. The van der Waals surface area contributed by atoms with E-state index in [4.69, 9.17) is 0 Å². The molecule has 1 aliphatic heterocycles. The van der Waals surface area contributed by atoms with Crippen molar-refractivity contribution in [3.05, 3.63) is 11.6 Å². The van der Waals surface area contributed by atoms with Gasteiger partial charge in [0.15, 0.2) is 0 Å². The number of piperidine rings is 1. The maximum absolute atomic E-state index is 11.5. The van der Waals surface area contributed by atoms with Crippen LogP contribution in [0.4, 0.5) is 0 Å². The van der Waals surface area contributed by atoms with Gasteiger partial charge in [-0.25, -0.2) is 0 Å². The van der Waals surface area contributed by atoms with Gasteiger partial charge in [-0.2, -0.15) is 0 Å². The summed E-state index contributed by atoms with van der Waals surface area (Å²) in [6.45, 7) is 6.85. The van der Waals surface area contributed by atoms with Crippen LogP contribution in [0.5, 0.6) is 0 Å². The van der Waals surface area contributed by atoms with Gasteiger partial charge in [0.1, 0.15) is 0 Å². The van der Waals surface area contributed by atoms with Crippen molar-refractivity contribution in [1.29, 1.82) is 0 Å². The van der Waals surface area contributed by atoms with Crippen LogP contribution in [0.15, 0.2) is 11.6 Å². The minimum Gasteiger partial charge on any atom is -0.353 e. The molecular formula is C12H22N2O. The largest absolute Gasteiger partial charge is 0.353 e. The van der Waals surface area contributed by atoms with Crippen molar-refractivity contribution < 1.29 is 4.79 Å². The molecule has 1 amide bonds. The second-order valence-electron chi connectivity index (χ2n) is 4.50. The Morgan fingerprint density at radius 2 is 2.33 bits per heavy atom. The lowest BCUT2D eigenvalue weighted by Crippen LogP contribution is -2.34. The Labute approximate surface area is 92.3 Å². The number of hydrogen-bond acceptors (Lipinski definition) is 2. The number of nitrogens with one attached hydrogen (secondary N) is 2. The zero-order chi connectivity index (χ0) is 11.1. The van der Waals surface area contributed by atoms with Crippen molar-refractivity contribution in [3.63, 3.8) is 0 Å². The molecule has 0 saturated carbocycles. The molecule has 1 saturated heterocycles. The number of carbonyl (C=O) groups is 1. The van der Waals surface area contributed by atoms with E-state index in [2.05, 4.69) is 10.6 Å². The third-order valence-corrected chi connectivity index (χ3v) is 2.68. The highest BCUT2D eigenvalue weighted by atomic mass is 16.1. The fraction of sp³-hybridized carbons (Fsp3) is 0.750. The summed E-state index contributed by atoms with van der Waals surface area (Å²) in [4.78, 5) is 11.5. The number of allylic oxidation sites excluding steroid dienone is 1. The summed E-state index contributed by atoms with van der Waals surface area (Å²) >= 11 is 0. The van der Waals surface area contributed by atoms with Gasteiger partial charge in [0, 0.05) is 13.0 Å². The SMILES string of the molecule is CC(C)=CCNC(=O)CC1CCCNC1. The fourth-order valence-corrected chi connectivity index (χ4v) is 1.80. The van der Waals surface area contributed by atoms with E-state index >= 15 is 0 Å². The van der Waals surface area contributed by atoms with Gasteiger partial charge in [-0.15, -0.1) is 0 Å². The fourth-order valence-electron chi connectivity index (χ4n) is 1.80. The number of hydrogen-bond donors (Lipinski definition) is 2. The van der Waals surface area contributed by atoms with Crippen LogP contribution in [0.25, 0.3) is 0 Å². The molecule has 1 unspecified atom stereocenters. The third kappa shape index (κ3) is 5.57.